The summed E-state index contributed by atoms with van der Waals surface area (Å²) in [5.41, 5.74) is 1.41. The summed E-state index contributed by atoms with van der Waals surface area (Å²) in [6, 6.07) is 8.48. The molecule has 0 heterocycles. The molecule has 2 heteroatoms. The predicted octanol–water partition coefficient (Wildman–Crippen LogP) is 5.23. The lowest BCUT2D eigenvalue weighted by Crippen LogP contribution is -2.21. The van der Waals surface area contributed by atoms with Crippen LogP contribution in [-0.4, -0.2) is 18.8 Å². The Hall–Kier alpha value is -1.02. The fraction of sp³-hybridized carbons (Fsp3) is 0.714. The van der Waals surface area contributed by atoms with Crippen LogP contribution in [0.15, 0.2) is 24.3 Å². The molecule has 1 aliphatic carbocycles. The second kappa shape index (κ2) is 9.97. The summed E-state index contributed by atoms with van der Waals surface area (Å²) in [6.07, 6.45) is 11.5. The molecule has 0 aliphatic heterocycles. The number of benzene rings is 1. The Morgan fingerprint density at radius 3 is 2.30 bits per heavy atom. The van der Waals surface area contributed by atoms with E-state index in [1.165, 1.54) is 50.5 Å². The standard InChI is InChI=1S/C21H34O2/c1-17-8-12-20(13-9-17)19(7-4-16-22)6-3-5-18-10-14-21(23-2)15-11-18/h10-11,14-15,17,19-20,22H,3-9,12-13,16H2,1-2H3. The second-order valence-electron chi connectivity index (χ2n) is 7.39. The monoisotopic (exact) mass is 318 g/mol. The highest BCUT2D eigenvalue weighted by atomic mass is 16.5. The lowest BCUT2D eigenvalue weighted by molar-refractivity contribution is 0.177. The van der Waals surface area contributed by atoms with Crippen LogP contribution in [0.3, 0.4) is 0 Å². The fourth-order valence-corrected chi connectivity index (χ4v) is 4.09. The van der Waals surface area contributed by atoms with E-state index in [1.54, 1.807) is 7.11 Å². The van der Waals surface area contributed by atoms with Crippen molar-refractivity contribution < 1.29 is 9.84 Å². The summed E-state index contributed by atoms with van der Waals surface area (Å²) in [6.45, 7) is 2.74. The first-order valence-electron chi connectivity index (χ1n) is 9.46. The Bertz CT molecular complexity index is 418. The summed E-state index contributed by atoms with van der Waals surface area (Å²) < 4.78 is 5.22. The molecule has 1 fully saturated rings. The van der Waals surface area contributed by atoms with Crippen molar-refractivity contribution in [1.29, 1.82) is 0 Å². The van der Waals surface area contributed by atoms with E-state index in [9.17, 15) is 5.11 Å². The highest BCUT2D eigenvalue weighted by Gasteiger charge is 2.25. The molecule has 130 valence electrons. The van der Waals surface area contributed by atoms with Gasteiger partial charge in [0, 0.05) is 6.61 Å². The molecule has 0 spiro atoms. The number of aryl methyl sites for hydroxylation is 1. The largest absolute Gasteiger partial charge is 0.497 e. The molecule has 0 bridgehead atoms. The second-order valence-corrected chi connectivity index (χ2v) is 7.39. The van der Waals surface area contributed by atoms with Crippen LogP contribution in [0.1, 0.15) is 63.9 Å². The van der Waals surface area contributed by atoms with E-state index in [1.807, 2.05) is 0 Å². The average molecular weight is 319 g/mol. The van der Waals surface area contributed by atoms with Gasteiger partial charge in [-0.15, -0.1) is 0 Å². The van der Waals surface area contributed by atoms with E-state index in [0.29, 0.717) is 6.61 Å². The Kier molecular flexibility index (Phi) is 7.94. The Balaban J connectivity index is 1.79. The van der Waals surface area contributed by atoms with Crippen LogP contribution in [0.25, 0.3) is 0 Å². The molecule has 23 heavy (non-hydrogen) atoms. The molecule has 1 atom stereocenters. The van der Waals surface area contributed by atoms with E-state index in [4.69, 9.17) is 4.74 Å². The highest BCUT2D eigenvalue weighted by Crippen LogP contribution is 2.37. The zero-order chi connectivity index (χ0) is 16.5. The number of rotatable bonds is 9. The maximum absolute atomic E-state index is 9.20. The van der Waals surface area contributed by atoms with Crippen molar-refractivity contribution in [2.45, 2.75) is 64.7 Å². The number of aliphatic hydroxyl groups is 1. The molecule has 1 saturated carbocycles. The molecule has 1 N–H and O–H groups in total. The Morgan fingerprint density at radius 1 is 1.04 bits per heavy atom. The van der Waals surface area contributed by atoms with E-state index < -0.39 is 0 Å². The molecule has 1 unspecified atom stereocenters. The quantitative estimate of drug-likeness (QED) is 0.675. The van der Waals surface area contributed by atoms with E-state index in [0.717, 1.165) is 36.3 Å². The highest BCUT2D eigenvalue weighted by molar-refractivity contribution is 5.27. The minimum atomic E-state index is 0.345. The number of methoxy groups -OCH3 is 1. The van der Waals surface area contributed by atoms with E-state index in [2.05, 4.69) is 31.2 Å². The van der Waals surface area contributed by atoms with Gasteiger partial charge in [0.25, 0.3) is 0 Å². The lowest BCUT2D eigenvalue weighted by Gasteiger charge is -2.33. The van der Waals surface area contributed by atoms with Gasteiger partial charge in [-0.1, -0.05) is 31.9 Å². The number of ether oxygens (including phenoxy) is 1. The minimum absolute atomic E-state index is 0.345. The van der Waals surface area contributed by atoms with Crippen LogP contribution < -0.4 is 4.74 Å². The van der Waals surface area contributed by atoms with Gasteiger partial charge in [-0.2, -0.15) is 0 Å². The summed E-state index contributed by atoms with van der Waals surface area (Å²) in [4.78, 5) is 0. The van der Waals surface area contributed by atoms with Crippen molar-refractivity contribution in [2.75, 3.05) is 13.7 Å². The topological polar surface area (TPSA) is 29.5 Å². The van der Waals surface area contributed by atoms with E-state index in [-0.39, 0.29) is 0 Å². The summed E-state index contributed by atoms with van der Waals surface area (Å²) in [7, 11) is 1.71. The van der Waals surface area contributed by atoms with Crippen LogP contribution in [0.2, 0.25) is 0 Å². The third kappa shape index (κ3) is 6.18. The minimum Gasteiger partial charge on any atom is -0.497 e. The zero-order valence-corrected chi connectivity index (χ0v) is 15.0. The molecule has 1 aliphatic rings. The molecular formula is C21H34O2. The average Bonchev–Trinajstić information content (AvgIpc) is 2.59. The maximum atomic E-state index is 9.20. The van der Waals surface area contributed by atoms with Crippen LogP contribution in [0.5, 0.6) is 5.75 Å². The third-order valence-corrected chi connectivity index (χ3v) is 5.66. The fourth-order valence-electron chi connectivity index (χ4n) is 4.09. The molecule has 2 nitrogen and oxygen atoms in total. The smallest absolute Gasteiger partial charge is 0.118 e. The van der Waals surface area contributed by atoms with Crippen molar-refractivity contribution in [1.82, 2.24) is 0 Å². The normalized spacial score (nSPS) is 22.7. The van der Waals surface area contributed by atoms with Crippen molar-refractivity contribution in [2.24, 2.45) is 17.8 Å². The van der Waals surface area contributed by atoms with Gasteiger partial charge < -0.3 is 9.84 Å². The Morgan fingerprint density at radius 2 is 1.70 bits per heavy atom. The van der Waals surface area contributed by atoms with Crippen LogP contribution in [0, 0.1) is 17.8 Å². The molecule has 2 rings (SSSR count). The van der Waals surface area contributed by atoms with Crippen molar-refractivity contribution in [3.05, 3.63) is 29.8 Å². The van der Waals surface area contributed by atoms with Gasteiger partial charge in [0.1, 0.15) is 5.75 Å². The van der Waals surface area contributed by atoms with Gasteiger partial charge in [0.2, 0.25) is 0 Å². The molecular weight excluding hydrogens is 284 g/mol. The molecule has 1 aromatic rings. The van der Waals surface area contributed by atoms with Gasteiger partial charge in [-0.3, -0.25) is 0 Å². The number of aliphatic hydroxyl groups excluding tert-OH is 1. The number of hydrogen-bond donors (Lipinski definition) is 1. The van der Waals surface area contributed by atoms with Crippen LogP contribution in [0.4, 0.5) is 0 Å². The first-order chi connectivity index (χ1) is 11.2. The lowest BCUT2D eigenvalue weighted by atomic mass is 9.73. The first kappa shape index (κ1) is 18.3. The van der Waals surface area contributed by atoms with Crippen molar-refractivity contribution in [3.63, 3.8) is 0 Å². The Labute approximate surface area is 142 Å². The molecule has 0 saturated heterocycles. The number of hydrogen-bond acceptors (Lipinski definition) is 2. The molecule has 0 amide bonds. The third-order valence-electron chi connectivity index (χ3n) is 5.66. The van der Waals surface area contributed by atoms with E-state index >= 15 is 0 Å². The van der Waals surface area contributed by atoms with Gasteiger partial charge in [0.05, 0.1) is 7.11 Å². The zero-order valence-electron chi connectivity index (χ0n) is 15.0. The van der Waals surface area contributed by atoms with Crippen molar-refractivity contribution >= 4 is 0 Å². The molecule has 0 aromatic heterocycles. The van der Waals surface area contributed by atoms with Gasteiger partial charge in [-0.05, 0) is 80.4 Å². The first-order valence-corrected chi connectivity index (χ1v) is 9.46. The maximum Gasteiger partial charge on any atom is 0.118 e. The SMILES string of the molecule is COc1ccc(CCCC(CCCO)C2CCC(C)CC2)cc1. The summed E-state index contributed by atoms with van der Waals surface area (Å²) in [5.74, 6) is 3.57. The predicted molar refractivity (Wildman–Crippen MR) is 96.9 cm³/mol. The summed E-state index contributed by atoms with van der Waals surface area (Å²) >= 11 is 0. The van der Waals surface area contributed by atoms with Crippen LogP contribution >= 0.6 is 0 Å². The van der Waals surface area contributed by atoms with Gasteiger partial charge in [-0.25, -0.2) is 0 Å². The summed E-state index contributed by atoms with van der Waals surface area (Å²) in [5, 5.41) is 9.20. The van der Waals surface area contributed by atoms with Crippen molar-refractivity contribution in [3.8, 4) is 5.75 Å². The van der Waals surface area contributed by atoms with Gasteiger partial charge in [0.15, 0.2) is 0 Å². The molecule has 1 aromatic carbocycles. The molecule has 0 radical (unpaired) electrons. The van der Waals surface area contributed by atoms with Gasteiger partial charge >= 0.3 is 0 Å². The van der Waals surface area contributed by atoms with Crippen LogP contribution in [-0.2, 0) is 6.42 Å².